The van der Waals surface area contributed by atoms with Crippen molar-refractivity contribution in [3.05, 3.63) is 0 Å². The third-order valence-electron chi connectivity index (χ3n) is 2.74. The van der Waals surface area contributed by atoms with Crippen molar-refractivity contribution in [1.82, 2.24) is 5.32 Å². The van der Waals surface area contributed by atoms with E-state index in [4.69, 9.17) is 10.8 Å². The average Bonchev–Trinajstić information content (AvgIpc) is 2.88. The molecule has 2 unspecified atom stereocenters. The number of hydrogen-bond acceptors (Lipinski definition) is 3. The Bertz CT molecular complexity index is 316. The van der Waals surface area contributed by atoms with E-state index in [-0.39, 0.29) is 24.7 Å². The first kappa shape index (κ1) is 12.5. The summed E-state index contributed by atoms with van der Waals surface area (Å²) in [6, 6.07) is -1.02. The minimum absolute atomic E-state index is 0.0392. The van der Waals surface area contributed by atoms with E-state index in [1.807, 2.05) is 6.92 Å². The molecule has 6 nitrogen and oxygen atoms in total. The van der Waals surface area contributed by atoms with Crippen LogP contribution in [0.5, 0.6) is 0 Å². The molecule has 1 rings (SSSR count). The van der Waals surface area contributed by atoms with E-state index in [9.17, 15) is 14.4 Å². The molecule has 0 aromatic rings. The normalized spacial score (nSPS) is 24.6. The van der Waals surface area contributed by atoms with Crippen molar-refractivity contribution in [3.8, 4) is 0 Å². The first-order valence-corrected chi connectivity index (χ1v) is 5.23. The molecule has 0 aliphatic heterocycles. The summed E-state index contributed by atoms with van der Waals surface area (Å²) in [5, 5.41) is 11.3. The fraction of sp³-hybridized carbons (Fsp3) is 0.700. The quantitative estimate of drug-likeness (QED) is 0.568. The molecule has 16 heavy (non-hydrogen) atoms. The minimum atomic E-state index is -1.14. The summed E-state index contributed by atoms with van der Waals surface area (Å²) >= 11 is 0. The molecule has 4 N–H and O–H groups in total. The number of carboxylic acids is 1. The van der Waals surface area contributed by atoms with Crippen LogP contribution in [0.25, 0.3) is 0 Å². The van der Waals surface area contributed by atoms with E-state index in [0.717, 1.165) is 6.42 Å². The highest BCUT2D eigenvalue weighted by Crippen LogP contribution is 2.37. The van der Waals surface area contributed by atoms with Crippen molar-refractivity contribution in [3.63, 3.8) is 0 Å². The van der Waals surface area contributed by atoms with Crippen LogP contribution in [0.3, 0.4) is 0 Å². The van der Waals surface area contributed by atoms with Crippen molar-refractivity contribution in [2.75, 3.05) is 0 Å². The standard InChI is InChI=1S/C10H16N2O4/c1-5-4-6(5)9(14)12-7(10(15)16)2-3-8(11)13/h5-7H,2-4H2,1H3,(H2,11,13)(H,12,14)(H,15,16)/t5?,6?,7-/m1/s1. The van der Waals surface area contributed by atoms with Crippen LogP contribution in [0.15, 0.2) is 0 Å². The van der Waals surface area contributed by atoms with E-state index in [1.54, 1.807) is 0 Å². The Morgan fingerprint density at radius 1 is 1.50 bits per heavy atom. The van der Waals surface area contributed by atoms with Gasteiger partial charge in [-0.3, -0.25) is 9.59 Å². The molecule has 1 aliphatic rings. The second-order valence-corrected chi connectivity index (χ2v) is 4.22. The van der Waals surface area contributed by atoms with Crippen molar-refractivity contribution >= 4 is 17.8 Å². The monoisotopic (exact) mass is 228 g/mol. The predicted octanol–water partition coefficient (Wildman–Crippen LogP) is -0.523. The van der Waals surface area contributed by atoms with Gasteiger partial charge in [0, 0.05) is 12.3 Å². The second-order valence-electron chi connectivity index (χ2n) is 4.22. The number of carbonyl (C=O) groups is 3. The van der Waals surface area contributed by atoms with Crippen LogP contribution < -0.4 is 11.1 Å². The van der Waals surface area contributed by atoms with Crippen LogP contribution in [0, 0.1) is 11.8 Å². The van der Waals surface area contributed by atoms with Gasteiger partial charge in [0.15, 0.2) is 0 Å². The molecule has 3 atom stereocenters. The van der Waals surface area contributed by atoms with E-state index in [1.165, 1.54) is 0 Å². The van der Waals surface area contributed by atoms with Gasteiger partial charge < -0.3 is 16.2 Å². The Morgan fingerprint density at radius 3 is 2.44 bits per heavy atom. The highest BCUT2D eigenvalue weighted by atomic mass is 16.4. The smallest absolute Gasteiger partial charge is 0.326 e. The molecule has 0 aromatic heterocycles. The van der Waals surface area contributed by atoms with Gasteiger partial charge in [0.05, 0.1) is 0 Å². The molecule has 6 heteroatoms. The molecule has 1 fully saturated rings. The molecule has 0 aromatic carbocycles. The van der Waals surface area contributed by atoms with Crippen LogP contribution >= 0.6 is 0 Å². The summed E-state index contributed by atoms with van der Waals surface area (Å²) in [6.45, 7) is 1.93. The number of carbonyl (C=O) groups excluding carboxylic acids is 2. The number of aliphatic carboxylic acids is 1. The minimum Gasteiger partial charge on any atom is -0.480 e. The zero-order valence-corrected chi connectivity index (χ0v) is 9.10. The lowest BCUT2D eigenvalue weighted by molar-refractivity contribution is -0.142. The van der Waals surface area contributed by atoms with Crippen LogP contribution in [0.2, 0.25) is 0 Å². The summed E-state index contributed by atoms with van der Waals surface area (Å²) in [7, 11) is 0. The Kier molecular flexibility index (Phi) is 3.87. The lowest BCUT2D eigenvalue weighted by atomic mass is 10.1. The Hall–Kier alpha value is -1.59. The van der Waals surface area contributed by atoms with Crippen LogP contribution in [-0.2, 0) is 14.4 Å². The first-order chi connectivity index (χ1) is 7.41. The maximum Gasteiger partial charge on any atom is 0.326 e. The number of primary amides is 1. The third kappa shape index (κ3) is 3.52. The Labute approximate surface area is 93.2 Å². The number of hydrogen-bond donors (Lipinski definition) is 3. The van der Waals surface area contributed by atoms with E-state index >= 15 is 0 Å². The number of carboxylic acid groups (broad SMARTS) is 1. The average molecular weight is 228 g/mol. The molecule has 0 bridgehead atoms. The molecule has 0 radical (unpaired) electrons. The molecule has 1 saturated carbocycles. The van der Waals surface area contributed by atoms with Gasteiger partial charge in [-0.05, 0) is 18.8 Å². The van der Waals surface area contributed by atoms with Gasteiger partial charge in [-0.2, -0.15) is 0 Å². The fourth-order valence-corrected chi connectivity index (χ4v) is 1.51. The largest absolute Gasteiger partial charge is 0.480 e. The van der Waals surface area contributed by atoms with Gasteiger partial charge in [-0.15, -0.1) is 0 Å². The van der Waals surface area contributed by atoms with Gasteiger partial charge in [0.25, 0.3) is 0 Å². The fourth-order valence-electron chi connectivity index (χ4n) is 1.51. The number of rotatable bonds is 6. The Morgan fingerprint density at radius 2 is 2.06 bits per heavy atom. The molecule has 0 heterocycles. The van der Waals surface area contributed by atoms with Crippen LogP contribution in [0.1, 0.15) is 26.2 Å². The van der Waals surface area contributed by atoms with Crippen LogP contribution in [0.4, 0.5) is 0 Å². The molecule has 0 saturated heterocycles. The lowest BCUT2D eigenvalue weighted by Crippen LogP contribution is -2.42. The highest BCUT2D eigenvalue weighted by Gasteiger charge is 2.40. The molecular weight excluding hydrogens is 212 g/mol. The SMILES string of the molecule is CC1CC1C(=O)N[C@H](CCC(N)=O)C(=O)O. The lowest BCUT2D eigenvalue weighted by Gasteiger charge is -2.13. The van der Waals surface area contributed by atoms with Crippen molar-refractivity contribution < 1.29 is 19.5 Å². The Balaban J connectivity index is 2.41. The zero-order valence-electron chi connectivity index (χ0n) is 9.10. The van der Waals surface area contributed by atoms with Crippen molar-refractivity contribution in [2.45, 2.75) is 32.2 Å². The molecular formula is C10H16N2O4. The van der Waals surface area contributed by atoms with Crippen LogP contribution in [-0.4, -0.2) is 28.9 Å². The van der Waals surface area contributed by atoms with Gasteiger partial charge in [-0.1, -0.05) is 6.92 Å². The molecule has 0 spiro atoms. The summed E-state index contributed by atoms with van der Waals surface area (Å²) in [5.41, 5.74) is 4.92. The van der Waals surface area contributed by atoms with E-state index in [2.05, 4.69) is 5.32 Å². The maximum absolute atomic E-state index is 11.5. The third-order valence-corrected chi connectivity index (χ3v) is 2.74. The number of amides is 2. The zero-order chi connectivity index (χ0) is 12.3. The van der Waals surface area contributed by atoms with Crippen molar-refractivity contribution in [1.29, 1.82) is 0 Å². The first-order valence-electron chi connectivity index (χ1n) is 5.23. The summed E-state index contributed by atoms with van der Waals surface area (Å²) in [4.78, 5) is 32.8. The maximum atomic E-state index is 11.5. The highest BCUT2D eigenvalue weighted by molar-refractivity contribution is 5.87. The molecule has 90 valence electrons. The van der Waals surface area contributed by atoms with E-state index < -0.39 is 17.9 Å². The summed E-state index contributed by atoms with van der Waals surface area (Å²) in [6.07, 6.45) is 0.795. The summed E-state index contributed by atoms with van der Waals surface area (Å²) in [5.74, 6) is -1.70. The predicted molar refractivity (Wildman–Crippen MR) is 55.3 cm³/mol. The number of nitrogens with one attached hydrogen (secondary N) is 1. The van der Waals surface area contributed by atoms with Gasteiger partial charge in [0.2, 0.25) is 11.8 Å². The van der Waals surface area contributed by atoms with Gasteiger partial charge in [-0.25, -0.2) is 4.79 Å². The molecule has 2 amide bonds. The van der Waals surface area contributed by atoms with Gasteiger partial charge in [0.1, 0.15) is 6.04 Å². The second kappa shape index (κ2) is 4.96. The number of nitrogens with two attached hydrogens (primary N) is 1. The van der Waals surface area contributed by atoms with Crippen molar-refractivity contribution in [2.24, 2.45) is 17.6 Å². The van der Waals surface area contributed by atoms with E-state index in [0.29, 0.717) is 5.92 Å². The topological polar surface area (TPSA) is 109 Å². The molecule has 1 aliphatic carbocycles. The summed E-state index contributed by atoms with van der Waals surface area (Å²) < 4.78 is 0. The van der Waals surface area contributed by atoms with Gasteiger partial charge >= 0.3 is 5.97 Å².